The highest BCUT2D eigenvalue weighted by Crippen LogP contribution is 2.40. The third-order valence-electron chi connectivity index (χ3n) is 7.16. The zero-order valence-electron chi connectivity index (χ0n) is 22.4. The van der Waals surface area contributed by atoms with Gasteiger partial charge in [0.1, 0.15) is 12.2 Å². The number of hydrogen-bond acceptors (Lipinski definition) is 8. The van der Waals surface area contributed by atoms with Crippen LogP contribution in [0.4, 0.5) is 0 Å². The molecule has 1 N–H and O–H groups in total. The highest BCUT2D eigenvalue weighted by Gasteiger charge is 2.48. The van der Waals surface area contributed by atoms with E-state index in [1.807, 2.05) is 39.7 Å². The summed E-state index contributed by atoms with van der Waals surface area (Å²) in [4.78, 5) is 31.3. The van der Waals surface area contributed by atoms with Crippen LogP contribution in [0.5, 0.6) is 0 Å². The van der Waals surface area contributed by atoms with Crippen molar-refractivity contribution in [1.82, 2.24) is 10.1 Å². The Morgan fingerprint density at radius 2 is 1.27 bits per heavy atom. The average Bonchev–Trinajstić information content (AvgIpc) is 2.61. The third-order valence-corrected chi connectivity index (χ3v) is 7.16. The van der Waals surface area contributed by atoms with E-state index < -0.39 is 23.0 Å². The van der Waals surface area contributed by atoms with Crippen molar-refractivity contribution in [2.24, 2.45) is 5.92 Å². The molecule has 0 saturated carbocycles. The first-order chi connectivity index (χ1) is 14.9. The molecule has 8 heteroatoms. The Bertz CT molecular complexity index is 682. The van der Waals surface area contributed by atoms with Crippen molar-refractivity contribution in [3.63, 3.8) is 0 Å². The second-order valence-corrected chi connectivity index (χ2v) is 12.3. The molecule has 0 amide bonds. The zero-order valence-corrected chi connectivity index (χ0v) is 22.4. The summed E-state index contributed by atoms with van der Waals surface area (Å²) in [6, 6.07) is 0. The third kappa shape index (κ3) is 6.47. The zero-order chi connectivity index (χ0) is 25.4. The standard InChI is InChI=1S/C25H46N2O6/c1-11-17(12-20(28)32-18-13-22(2,3)26(30)23(4,5)14-18)21(29)33-19-15-24(6,7)27(31-10)25(8,9)16-19/h17-19,30H,11-16H2,1-10H3. The van der Waals surface area contributed by atoms with Crippen molar-refractivity contribution in [3.8, 4) is 0 Å². The number of hydrogen-bond donors (Lipinski definition) is 1. The highest BCUT2D eigenvalue weighted by molar-refractivity contribution is 5.80. The van der Waals surface area contributed by atoms with Gasteiger partial charge < -0.3 is 19.5 Å². The Kier molecular flexibility index (Phi) is 8.32. The molecule has 2 aliphatic rings. The van der Waals surface area contributed by atoms with E-state index in [9.17, 15) is 14.8 Å². The smallest absolute Gasteiger partial charge is 0.309 e. The molecule has 2 aliphatic heterocycles. The molecule has 1 unspecified atom stereocenters. The number of hydroxylamine groups is 4. The average molecular weight is 471 g/mol. The predicted octanol–water partition coefficient (Wildman–Crippen LogP) is 4.48. The summed E-state index contributed by atoms with van der Waals surface area (Å²) in [7, 11) is 1.67. The minimum Gasteiger partial charge on any atom is -0.462 e. The van der Waals surface area contributed by atoms with E-state index in [0.717, 1.165) is 0 Å². The largest absolute Gasteiger partial charge is 0.462 e. The van der Waals surface area contributed by atoms with Gasteiger partial charge in [-0.3, -0.25) is 9.59 Å². The first-order valence-corrected chi connectivity index (χ1v) is 12.2. The maximum Gasteiger partial charge on any atom is 0.309 e. The lowest BCUT2D eigenvalue weighted by atomic mass is 9.80. The van der Waals surface area contributed by atoms with Crippen LogP contribution in [0.25, 0.3) is 0 Å². The van der Waals surface area contributed by atoms with Gasteiger partial charge in [0.2, 0.25) is 0 Å². The molecule has 0 aromatic rings. The maximum atomic E-state index is 13.0. The first kappa shape index (κ1) is 28.0. The molecule has 8 nitrogen and oxygen atoms in total. The number of carbonyl (C=O) groups excluding carboxylic acids is 2. The van der Waals surface area contributed by atoms with E-state index in [1.165, 1.54) is 5.06 Å². The van der Waals surface area contributed by atoms with Crippen LogP contribution in [0.15, 0.2) is 0 Å². The fourth-order valence-corrected chi connectivity index (χ4v) is 6.10. The first-order valence-electron chi connectivity index (χ1n) is 12.2. The number of rotatable bonds is 7. The van der Waals surface area contributed by atoms with E-state index in [0.29, 0.717) is 32.1 Å². The lowest BCUT2D eigenvalue weighted by molar-refractivity contribution is -0.278. The van der Waals surface area contributed by atoms with E-state index in [1.54, 1.807) is 7.11 Å². The van der Waals surface area contributed by atoms with E-state index in [2.05, 4.69) is 27.7 Å². The fourth-order valence-electron chi connectivity index (χ4n) is 6.10. The van der Waals surface area contributed by atoms with Crippen LogP contribution >= 0.6 is 0 Å². The monoisotopic (exact) mass is 470 g/mol. The number of nitrogens with zero attached hydrogens (tertiary/aromatic N) is 2. The van der Waals surface area contributed by atoms with Gasteiger partial charge in [-0.1, -0.05) is 6.92 Å². The van der Waals surface area contributed by atoms with Crippen LogP contribution in [0.1, 0.15) is 101 Å². The summed E-state index contributed by atoms with van der Waals surface area (Å²) < 4.78 is 11.7. The van der Waals surface area contributed by atoms with Gasteiger partial charge in [0.25, 0.3) is 0 Å². The Balaban J connectivity index is 1.98. The summed E-state index contributed by atoms with van der Waals surface area (Å²) >= 11 is 0. The van der Waals surface area contributed by atoms with Crippen LogP contribution in [-0.4, -0.2) is 68.7 Å². The molecule has 0 radical (unpaired) electrons. The molecular weight excluding hydrogens is 424 g/mol. The van der Waals surface area contributed by atoms with Crippen LogP contribution in [0, 0.1) is 5.92 Å². The topological polar surface area (TPSA) is 88.5 Å². The summed E-state index contributed by atoms with van der Waals surface area (Å²) in [5.41, 5.74) is -1.59. The van der Waals surface area contributed by atoms with Gasteiger partial charge in [0.05, 0.1) is 19.4 Å². The van der Waals surface area contributed by atoms with Crippen LogP contribution < -0.4 is 0 Å². The van der Waals surface area contributed by atoms with Gasteiger partial charge in [-0.2, -0.15) is 10.1 Å². The lowest BCUT2D eigenvalue weighted by Crippen LogP contribution is -2.61. The van der Waals surface area contributed by atoms with Gasteiger partial charge in [-0.25, -0.2) is 0 Å². The molecule has 2 heterocycles. The second kappa shape index (κ2) is 9.80. The summed E-state index contributed by atoms with van der Waals surface area (Å²) in [5, 5.41) is 13.8. The quantitative estimate of drug-likeness (QED) is 0.545. The molecule has 0 spiro atoms. The van der Waals surface area contributed by atoms with Crippen LogP contribution in [0.2, 0.25) is 0 Å². The molecule has 0 bridgehead atoms. The normalized spacial score (nSPS) is 26.5. The molecule has 0 aliphatic carbocycles. The van der Waals surface area contributed by atoms with Gasteiger partial charge in [-0.05, 0) is 61.8 Å². The van der Waals surface area contributed by atoms with Crippen molar-refractivity contribution in [2.75, 3.05) is 7.11 Å². The van der Waals surface area contributed by atoms with Gasteiger partial charge in [0, 0.05) is 47.8 Å². The highest BCUT2D eigenvalue weighted by atomic mass is 16.7. The minimum absolute atomic E-state index is 0.000762. The number of esters is 2. The van der Waals surface area contributed by atoms with E-state index in [4.69, 9.17) is 14.3 Å². The molecule has 0 aromatic heterocycles. The Morgan fingerprint density at radius 1 is 0.848 bits per heavy atom. The van der Waals surface area contributed by atoms with Crippen molar-refractivity contribution < 1.29 is 29.1 Å². The van der Waals surface area contributed by atoms with Crippen molar-refractivity contribution in [2.45, 2.75) is 135 Å². The van der Waals surface area contributed by atoms with Gasteiger partial charge in [0.15, 0.2) is 0 Å². The molecule has 0 aromatic carbocycles. The second-order valence-electron chi connectivity index (χ2n) is 12.3. The molecular formula is C25H46N2O6. The van der Waals surface area contributed by atoms with Gasteiger partial charge in [-0.15, -0.1) is 0 Å². The number of carbonyl (C=O) groups is 2. The van der Waals surface area contributed by atoms with Crippen LogP contribution in [0.3, 0.4) is 0 Å². The molecule has 1 atom stereocenters. The Labute approximate surface area is 199 Å². The molecule has 192 valence electrons. The van der Waals surface area contributed by atoms with Crippen molar-refractivity contribution in [3.05, 3.63) is 0 Å². The van der Waals surface area contributed by atoms with E-state index in [-0.39, 0.29) is 35.7 Å². The molecule has 2 saturated heterocycles. The Morgan fingerprint density at radius 3 is 1.70 bits per heavy atom. The Hall–Kier alpha value is -1.22. The summed E-state index contributed by atoms with van der Waals surface area (Å²) in [5.74, 6) is -1.28. The van der Waals surface area contributed by atoms with Gasteiger partial charge >= 0.3 is 11.9 Å². The summed E-state index contributed by atoms with van der Waals surface area (Å²) in [6.07, 6.45) is 2.32. The predicted molar refractivity (Wildman–Crippen MR) is 125 cm³/mol. The fraction of sp³-hybridized carbons (Fsp3) is 0.920. The van der Waals surface area contributed by atoms with Crippen molar-refractivity contribution >= 4 is 11.9 Å². The van der Waals surface area contributed by atoms with Crippen molar-refractivity contribution in [1.29, 1.82) is 0 Å². The molecule has 33 heavy (non-hydrogen) atoms. The van der Waals surface area contributed by atoms with Crippen LogP contribution in [-0.2, 0) is 23.9 Å². The minimum atomic E-state index is -0.539. The van der Waals surface area contributed by atoms with E-state index >= 15 is 0 Å². The lowest BCUT2D eigenvalue weighted by Gasteiger charge is -2.52. The maximum absolute atomic E-state index is 13.0. The number of piperidine rings is 2. The molecule has 2 rings (SSSR count). The SMILES string of the molecule is CCC(CC(=O)OC1CC(C)(C)N(O)C(C)(C)C1)C(=O)OC1CC(C)(C)N(OC)C(C)(C)C1. The molecule has 2 fully saturated rings. The number of ether oxygens (including phenoxy) is 2. The summed E-state index contributed by atoms with van der Waals surface area (Å²) in [6.45, 7) is 17.9.